The fraction of sp³-hybridized carbons (Fsp3) is 0.0667. The Morgan fingerprint density at radius 3 is 1.08 bits per heavy atom. The van der Waals surface area contributed by atoms with E-state index in [0.29, 0.717) is 0 Å². The van der Waals surface area contributed by atoms with Crippen LogP contribution in [-0.2, 0) is 10.1 Å². The number of hydrogen-bond acceptors (Lipinski definition) is 2. The first-order valence-electron chi connectivity index (χ1n) is 5.82. The maximum Gasteiger partial charge on any atom is 0.522 e. The van der Waals surface area contributed by atoms with Crippen LogP contribution in [0, 0.1) is 20.0 Å². The van der Waals surface area contributed by atoms with E-state index in [2.05, 4.69) is 82.3 Å². The fourth-order valence-electron chi connectivity index (χ4n) is 0.829. The van der Waals surface area contributed by atoms with E-state index in [1.165, 1.54) is 7.14 Å². The Labute approximate surface area is 166 Å². The Kier molecular flexibility index (Phi) is 14.2. The molecule has 0 heterocycles. The monoisotopic (exact) mass is 584 g/mol. The predicted molar refractivity (Wildman–Crippen MR) is 106 cm³/mol. The number of rotatable bonds is 0. The second kappa shape index (κ2) is 13.5. The molecule has 0 saturated heterocycles. The molecular formula is C15H13F3I2O3S. The highest BCUT2D eigenvalue weighted by Crippen LogP contribution is 2.20. The molecule has 2 aromatic carbocycles. The molecule has 0 fully saturated rings. The predicted octanol–water partition coefficient (Wildman–Crippen LogP) is 5.23. The van der Waals surface area contributed by atoms with E-state index in [1.807, 2.05) is 36.4 Å². The van der Waals surface area contributed by atoms with Crippen LogP contribution in [0.1, 0.15) is 0 Å². The van der Waals surface area contributed by atoms with Gasteiger partial charge in [0.25, 0.3) is 0 Å². The Bertz CT molecular complexity index is 636. The van der Waals surface area contributed by atoms with Gasteiger partial charge in [0.15, 0.2) is 0 Å². The zero-order chi connectivity index (χ0) is 19.2. The van der Waals surface area contributed by atoms with Crippen molar-refractivity contribution in [2.75, 3.05) is 0 Å². The number of halogens is 5. The molecule has 0 unspecified atom stereocenters. The summed E-state index contributed by atoms with van der Waals surface area (Å²) < 4.78 is 60.1. The lowest BCUT2D eigenvalue weighted by molar-refractivity contribution is -0.0510. The quantitative estimate of drug-likeness (QED) is 0.200. The molecule has 2 rings (SSSR count). The van der Waals surface area contributed by atoms with E-state index >= 15 is 0 Å². The summed E-state index contributed by atoms with van der Waals surface area (Å²) in [6, 6.07) is 20.4. The minimum absolute atomic E-state index is 1.29. The number of terminal acetylenes is 1. The summed E-state index contributed by atoms with van der Waals surface area (Å²) in [6.07, 6.45) is 8.00. The summed E-state index contributed by atoms with van der Waals surface area (Å²) in [5, 5.41) is 0. The molecule has 3 nitrogen and oxygen atoms in total. The number of alkyl halides is 3. The van der Waals surface area contributed by atoms with E-state index < -0.39 is 15.6 Å². The highest BCUT2D eigenvalue weighted by atomic mass is 127. The molecule has 1 N–H and O–H groups in total. The zero-order valence-corrected chi connectivity index (χ0v) is 17.1. The van der Waals surface area contributed by atoms with Crippen LogP contribution in [0.15, 0.2) is 60.7 Å². The standard InChI is InChI=1S/2C6H5I.C2H2.CHF3O3S/c2*7-6-4-2-1-3-5-6;1-2;2-1(3,4)8(5,6)7/h2*1-5H;1-2H;(H,5,6,7). The minimum atomic E-state index is -5.84. The summed E-state index contributed by atoms with van der Waals surface area (Å²) in [4.78, 5) is 0. The van der Waals surface area contributed by atoms with E-state index in [0.717, 1.165) is 0 Å². The summed E-state index contributed by atoms with van der Waals surface area (Å²) in [5.74, 6) is 0. The fourth-order valence-corrected chi connectivity index (χ4v) is 1.66. The summed E-state index contributed by atoms with van der Waals surface area (Å²) in [7, 11) is -5.84. The smallest absolute Gasteiger partial charge is 0.279 e. The lowest BCUT2D eigenvalue weighted by Gasteiger charge is -1.97. The van der Waals surface area contributed by atoms with E-state index in [1.54, 1.807) is 0 Å². The van der Waals surface area contributed by atoms with Crippen LogP contribution < -0.4 is 0 Å². The van der Waals surface area contributed by atoms with Crippen molar-refractivity contribution in [2.45, 2.75) is 5.51 Å². The van der Waals surface area contributed by atoms with Gasteiger partial charge in [-0.1, -0.05) is 36.4 Å². The lowest BCUT2D eigenvalue weighted by Crippen LogP contribution is -2.21. The second-order valence-corrected chi connectivity index (χ2v) is 7.42. The van der Waals surface area contributed by atoms with Crippen LogP contribution in [-0.4, -0.2) is 18.5 Å². The number of hydrogen-bond donors (Lipinski definition) is 1. The Morgan fingerprint density at radius 1 is 0.792 bits per heavy atom. The van der Waals surface area contributed by atoms with Crippen LogP contribution in [0.5, 0.6) is 0 Å². The van der Waals surface area contributed by atoms with Gasteiger partial charge in [0, 0.05) is 7.14 Å². The second-order valence-electron chi connectivity index (χ2n) is 3.51. The molecule has 0 aliphatic rings. The minimum Gasteiger partial charge on any atom is -0.279 e. The van der Waals surface area contributed by atoms with E-state index in [9.17, 15) is 13.2 Å². The average molecular weight is 584 g/mol. The molecular weight excluding hydrogens is 571 g/mol. The highest BCUT2D eigenvalue weighted by Gasteiger charge is 2.44. The van der Waals surface area contributed by atoms with Gasteiger partial charge in [-0.3, -0.25) is 4.55 Å². The molecule has 0 aliphatic carbocycles. The van der Waals surface area contributed by atoms with Crippen molar-refractivity contribution in [3.63, 3.8) is 0 Å². The van der Waals surface area contributed by atoms with Crippen LogP contribution in [0.3, 0.4) is 0 Å². The Hall–Kier alpha value is -0.840. The summed E-state index contributed by atoms with van der Waals surface area (Å²) >= 11 is 4.56. The summed E-state index contributed by atoms with van der Waals surface area (Å²) in [5.41, 5.74) is -5.53. The highest BCUT2D eigenvalue weighted by molar-refractivity contribution is 14.1. The van der Waals surface area contributed by atoms with Crippen molar-refractivity contribution in [1.29, 1.82) is 0 Å². The van der Waals surface area contributed by atoms with Crippen LogP contribution >= 0.6 is 45.2 Å². The maximum atomic E-state index is 10.7. The van der Waals surface area contributed by atoms with Gasteiger partial charge in [0.05, 0.1) is 0 Å². The van der Waals surface area contributed by atoms with Gasteiger partial charge in [-0.05, 0) is 69.4 Å². The first-order valence-corrected chi connectivity index (χ1v) is 9.42. The molecule has 0 saturated carbocycles. The first kappa shape index (κ1) is 25.4. The van der Waals surface area contributed by atoms with Gasteiger partial charge in [0.1, 0.15) is 0 Å². The molecule has 24 heavy (non-hydrogen) atoms. The molecule has 2 aromatic rings. The first-order chi connectivity index (χ1) is 11.0. The summed E-state index contributed by atoms with van der Waals surface area (Å²) in [6.45, 7) is 0. The molecule has 0 aliphatic heterocycles. The van der Waals surface area contributed by atoms with Crippen LogP contribution in [0.4, 0.5) is 13.2 Å². The third-order valence-corrected chi connectivity index (χ3v) is 3.78. The molecule has 0 bridgehead atoms. The molecule has 0 radical (unpaired) electrons. The molecule has 9 heteroatoms. The molecule has 132 valence electrons. The van der Waals surface area contributed by atoms with Crippen molar-refractivity contribution in [2.24, 2.45) is 0 Å². The molecule has 0 aromatic heterocycles. The number of benzene rings is 2. The van der Waals surface area contributed by atoms with Crippen LogP contribution in [0.2, 0.25) is 0 Å². The Morgan fingerprint density at radius 2 is 1.00 bits per heavy atom. The molecule has 0 amide bonds. The normalized spacial score (nSPS) is 9.83. The molecule has 0 atom stereocenters. The SMILES string of the molecule is C#C.Ic1ccccc1.Ic1ccccc1.O=S(=O)(O)C(F)(F)F. The topological polar surface area (TPSA) is 54.4 Å². The zero-order valence-electron chi connectivity index (χ0n) is 12.0. The maximum absolute atomic E-state index is 10.7. The molecule has 0 spiro atoms. The van der Waals surface area contributed by atoms with Crippen molar-refractivity contribution >= 4 is 55.3 Å². The van der Waals surface area contributed by atoms with Gasteiger partial charge in [-0.15, -0.1) is 12.8 Å². The van der Waals surface area contributed by atoms with E-state index in [4.69, 9.17) is 13.0 Å². The van der Waals surface area contributed by atoms with Crippen molar-refractivity contribution < 1.29 is 26.1 Å². The van der Waals surface area contributed by atoms with Crippen LogP contribution in [0.25, 0.3) is 0 Å². The largest absolute Gasteiger partial charge is 0.522 e. The lowest BCUT2D eigenvalue weighted by atomic mass is 10.4. The van der Waals surface area contributed by atoms with Gasteiger partial charge < -0.3 is 0 Å². The van der Waals surface area contributed by atoms with Gasteiger partial charge >= 0.3 is 15.6 Å². The van der Waals surface area contributed by atoms with Gasteiger partial charge in [-0.2, -0.15) is 21.6 Å². The average Bonchev–Trinajstić information content (AvgIpc) is 2.50. The van der Waals surface area contributed by atoms with Gasteiger partial charge in [0.2, 0.25) is 0 Å². The Balaban J connectivity index is 0. The van der Waals surface area contributed by atoms with Gasteiger partial charge in [-0.25, -0.2) is 0 Å². The van der Waals surface area contributed by atoms with E-state index in [-0.39, 0.29) is 0 Å². The van der Waals surface area contributed by atoms with Crippen molar-refractivity contribution in [3.8, 4) is 12.8 Å². The van der Waals surface area contributed by atoms with Crippen molar-refractivity contribution in [1.82, 2.24) is 0 Å². The third kappa shape index (κ3) is 14.7. The third-order valence-electron chi connectivity index (χ3n) is 1.76. The van der Waals surface area contributed by atoms with Crippen molar-refractivity contribution in [3.05, 3.63) is 67.8 Å².